The number of nitrogen functional groups attached to an aromatic ring is 1. The summed E-state index contributed by atoms with van der Waals surface area (Å²) in [5.41, 5.74) is 6.26. The molecule has 0 fully saturated rings. The molecular formula is C15H15F2NOS. The minimum atomic E-state index is -0.424. The van der Waals surface area contributed by atoms with Crippen LogP contribution in [0.3, 0.4) is 0 Å². The molecule has 2 N–H and O–H groups in total. The van der Waals surface area contributed by atoms with Crippen molar-refractivity contribution in [1.82, 2.24) is 0 Å². The van der Waals surface area contributed by atoms with Gasteiger partial charge in [0.1, 0.15) is 17.4 Å². The Morgan fingerprint density at radius 1 is 1.05 bits per heavy atom. The van der Waals surface area contributed by atoms with Crippen LogP contribution in [0.1, 0.15) is 6.42 Å². The molecule has 0 aliphatic carbocycles. The fraction of sp³-hybridized carbons (Fsp3) is 0.200. The van der Waals surface area contributed by atoms with Crippen molar-refractivity contribution in [1.29, 1.82) is 0 Å². The lowest BCUT2D eigenvalue weighted by Crippen LogP contribution is -1.99. The maximum Gasteiger partial charge on any atom is 0.136 e. The summed E-state index contributed by atoms with van der Waals surface area (Å²) in [5.74, 6) is 0.596. The summed E-state index contributed by atoms with van der Waals surface area (Å²) in [6, 6.07) is 10.6. The normalized spacial score (nSPS) is 10.5. The van der Waals surface area contributed by atoms with Crippen LogP contribution in [0.4, 0.5) is 14.5 Å². The van der Waals surface area contributed by atoms with Gasteiger partial charge in [-0.2, -0.15) is 0 Å². The molecule has 2 aromatic rings. The standard InChI is InChI=1S/C15H15F2NOS/c16-11-2-7-14(17)15(10-11)20-9-1-8-19-13-5-3-12(18)4-6-13/h2-7,10H,1,8-9,18H2. The molecule has 0 saturated carbocycles. The third kappa shape index (κ3) is 4.42. The van der Waals surface area contributed by atoms with E-state index in [0.29, 0.717) is 22.9 Å². The van der Waals surface area contributed by atoms with Gasteiger partial charge in [0.2, 0.25) is 0 Å². The molecule has 2 nitrogen and oxygen atoms in total. The molecule has 0 radical (unpaired) electrons. The number of ether oxygens (including phenoxy) is 1. The Morgan fingerprint density at radius 2 is 1.80 bits per heavy atom. The Bertz CT molecular complexity index is 560. The molecule has 0 heterocycles. The van der Waals surface area contributed by atoms with Crippen LogP contribution in [0.2, 0.25) is 0 Å². The molecule has 20 heavy (non-hydrogen) atoms. The lowest BCUT2D eigenvalue weighted by atomic mass is 10.3. The minimum Gasteiger partial charge on any atom is -0.494 e. The summed E-state index contributed by atoms with van der Waals surface area (Å²) >= 11 is 1.28. The van der Waals surface area contributed by atoms with Crippen LogP contribution in [0.5, 0.6) is 5.75 Å². The van der Waals surface area contributed by atoms with Crippen LogP contribution in [0.25, 0.3) is 0 Å². The van der Waals surface area contributed by atoms with E-state index in [0.717, 1.165) is 24.3 Å². The highest BCUT2D eigenvalue weighted by molar-refractivity contribution is 7.99. The second kappa shape index (κ2) is 7.14. The van der Waals surface area contributed by atoms with Gasteiger partial charge in [-0.05, 0) is 48.9 Å². The minimum absolute atomic E-state index is 0.331. The second-order valence-corrected chi connectivity index (χ2v) is 5.33. The summed E-state index contributed by atoms with van der Waals surface area (Å²) in [7, 11) is 0. The lowest BCUT2D eigenvalue weighted by Gasteiger charge is -2.07. The summed E-state index contributed by atoms with van der Waals surface area (Å²) in [5, 5.41) is 0. The zero-order valence-electron chi connectivity index (χ0n) is 10.8. The molecule has 5 heteroatoms. The summed E-state index contributed by atoms with van der Waals surface area (Å²) < 4.78 is 31.8. The van der Waals surface area contributed by atoms with Crippen LogP contribution in [-0.4, -0.2) is 12.4 Å². The molecule has 2 aromatic carbocycles. The molecule has 0 bridgehead atoms. The average Bonchev–Trinajstić information content (AvgIpc) is 2.44. The van der Waals surface area contributed by atoms with E-state index >= 15 is 0 Å². The van der Waals surface area contributed by atoms with Crippen molar-refractivity contribution in [3.8, 4) is 5.75 Å². The van der Waals surface area contributed by atoms with Crippen molar-refractivity contribution in [3.63, 3.8) is 0 Å². The van der Waals surface area contributed by atoms with Crippen molar-refractivity contribution in [2.45, 2.75) is 11.3 Å². The number of benzene rings is 2. The van der Waals surface area contributed by atoms with Crippen LogP contribution >= 0.6 is 11.8 Å². The maximum atomic E-state index is 13.4. The van der Waals surface area contributed by atoms with Crippen LogP contribution in [0.15, 0.2) is 47.4 Å². The van der Waals surface area contributed by atoms with Gasteiger partial charge in [0.25, 0.3) is 0 Å². The molecule has 0 aliphatic heterocycles. The highest BCUT2D eigenvalue weighted by Crippen LogP contribution is 2.23. The molecule has 2 rings (SSSR count). The first-order valence-corrected chi connectivity index (χ1v) is 7.20. The SMILES string of the molecule is Nc1ccc(OCCCSc2cc(F)ccc2F)cc1. The van der Waals surface area contributed by atoms with Gasteiger partial charge >= 0.3 is 0 Å². The van der Waals surface area contributed by atoms with Gasteiger partial charge in [-0.1, -0.05) is 0 Å². The maximum absolute atomic E-state index is 13.4. The quantitative estimate of drug-likeness (QED) is 0.495. The Labute approximate surface area is 120 Å². The van der Waals surface area contributed by atoms with Gasteiger partial charge in [0, 0.05) is 16.3 Å². The molecule has 0 spiro atoms. The van der Waals surface area contributed by atoms with Gasteiger partial charge in [-0.3, -0.25) is 0 Å². The van der Waals surface area contributed by atoms with Gasteiger partial charge in [0.05, 0.1) is 6.61 Å². The molecule has 0 saturated heterocycles. The van der Waals surface area contributed by atoms with Crippen LogP contribution in [0, 0.1) is 11.6 Å². The van der Waals surface area contributed by atoms with Crippen molar-refractivity contribution in [3.05, 3.63) is 54.1 Å². The highest BCUT2D eigenvalue weighted by atomic mass is 32.2. The predicted octanol–water partition coefficient (Wildman–Crippen LogP) is 4.11. The van der Waals surface area contributed by atoms with Crippen molar-refractivity contribution in [2.75, 3.05) is 18.1 Å². The smallest absolute Gasteiger partial charge is 0.136 e. The number of anilines is 1. The van der Waals surface area contributed by atoms with Crippen molar-refractivity contribution < 1.29 is 13.5 Å². The van der Waals surface area contributed by atoms with Crippen LogP contribution < -0.4 is 10.5 Å². The van der Waals surface area contributed by atoms with E-state index in [2.05, 4.69) is 0 Å². The van der Waals surface area contributed by atoms with Gasteiger partial charge in [-0.25, -0.2) is 8.78 Å². The highest BCUT2D eigenvalue weighted by Gasteiger charge is 2.04. The molecule has 106 valence electrons. The summed E-state index contributed by atoms with van der Waals surface area (Å²) in [6.07, 6.45) is 0.741. The molecule has 0 aliphatic rings. The zero-order chi connectivity index (χ0) is 14.4. The largest absolute Gasteiger partial charge is 0.494 e. The Morgan fingerprint density at radius 3 is 2.55 bits per heavy atom. The Hall–Kier alpha value is -1.75. The fourth-order valence-electron chi connectivity index (χ4n) is 1.58. The molecule has 0 unspecified atom stereocenters. The number of halogens is 2. The number of hydrogen-bond donors (Lipinski definition) is 1. The first kappa shape index (κ1) is 14.7. The first-order chi connectivity index (χ1) is 9.65. The number of thioether (sulfide) groups is 1. The lowest BCUT2D eigenvalue weighted by molar-refractivity contribution is 0.319. The van der Waals surface area contributed by atoms with Crippen molar-refractivity contribution in [2.24, 2.45) is 0 Å². The third-order valence-corrected chi connectivity index (χ3v) is 3.70. The molecule has 0 aromatic heterocycles. The third-order valence-electron chi connectivity index (χ3n) is 2.59. The number of rotatable bonds is 6. The van der Waals surface area contributed by atoms with E-state index < -0.39 is 11.6 Å². The van der Waals surface area contributed by atoms with Gasteiger partial charge < -0.3 is 10.5 Å². The molecule has 0 atom stereocenters. The Kier molecular flexibility index (Phi) is 5.24. The molecular weight excluding hydrogens is 280 g/mol. The van der Waals surface area contributed by atoms with E-state index in [-0.39, 0.29) is 0 Å². The summed E-state index contributed by atoms with van der Waals surface area (Å²) in [6.45, 7) is 0.522. The van der Waals surface area contributed by atoms with E-state index in [1.54, 1.807) is 24.3 Å². The number of nitrogens with two attached hydrogens (primary N) is 1. The Balaban J connectivity index is 1.71. The fourth-order valence-corrected chi connectivity index (χ4v) is 2.47. The van der Waals surface area contributed by atoms with Gasteiger partial charge in [0.15, 0.2) is 0 Å². The van der Waals surface area contributed by atoms with Crippen LogP contribution in [-0.2, 0) is 0 Å². The van der Waals surface area contributed by atoms with E-state index in [1.807, 2.05) is 0 Å². The average molecular weight is 295 g/mol. The second-order valence-electron chi connectivity index (χ2n) is 4.19. The first-order valence-electron chi connectivity index (χ1n) is 6.21. The predicted molar refractivity (Wildman–Crippen MR) is 78.0 cm³/mol. The zero-order valence-corrected chi connectivity index (χ0v) is 11.6. The van der Waals surface area contributed by atoms with Gasteiger partial charge in [-0.15, -0.1) is 11.8 Å². The van der Waals surface area contributed by atoms with E-state index in [4.69, 9.17) is 10.5 Å². The van der Waals surface area contributed by atoms with Crippen molar-refractivity contribution >= 4 is 17.4 Å². The summed E-state index contributed by atoms with van der Waals surface area (Å²) in [4.78, 5) is 0.331. The van der Waals surface area contributed by atoms with E-state index in [1.165, 1.54) is 17.8 Å². The molecule has 0 amide bonds. The number of hydrogen-bond acceptors (Lipinski definition) is 3. The monoisotopic (exact) mass is 295 g/mol. The topological polar surface area (TPSA) is 35.2 Å². The van der Waals surface area contributed by atoms with E-state index in [9.17, 15) is 8.78 Å².